The Morgan fingerprint density at radius 3 is 2.81 bits per heavy atom. The lowest BCUT2D eigenvalue weighted by atomic mass is 10.1. The minimum absolute atomic E-state index is 0.118. The Morgan fingerprint density at radius 2 is 2.19 bits per heavy atom. The van der Waals surface area contributed by atoms with Gasteiger partial charge in [-0.1, -0.05) is 11.8 Å². The highest BCUT2D eigenvalue weighted by atomic mass is 32.2. The molecule has 0 heterocycles. The third-order valence-corrected chi connectivity index (χ3v) is 3.60. The number of nitrogens with two attached hydrogens (primary N) is 1. The lowest BCUT2D eigenvalue weighted by molar-refractivity contribution is -0.137. The zero-order valence-corrected chi connectivity index (χ0v) is 12.2. The minimum atomic E-state index is -3.88. The zero-order chi connectivity index (χ0) is 15.9. The van der Waals surface area contributed by atoms with E-state index in [1.54, 1.807) is 0 Å². The molecule has 0 radical (unpaired) electrons. The summed E-state index contributed by atoms with van der Waals surface area (Å²) in [6, 6.07) is 4.06. The van der Waals surface area contributed by atoms with Gasteiger partial charge in [-0.25, -0.2) is 17.5 Å². The third kappa shape index (κ3) is 5.91. The Morgan fingerprint density at radius 1 is 1.48 bits per heavy atom. The molecule has 21 heavy (non-hydrogen) atoms. The summed E-state index contributed by atoms with van der Waals surface area (Å²) in [7, 11) is -2.80. The number of rotatable bonds is 5. The second kappa shape index (κ2) is 7.73. The Hall–Kier alpha value is -1.95. The molecule has 0 aliphatic heterocycles. The Kier molecular flexibility index (Phi) is 6.30. The molecule has 0 saturated carbocycles. The molecule has 0 atom stereocenters. The Balaban J connectivity index is 2.81. The number of hydrogen-bond acceptors (Lipinski definition) is 5. The van der Waals surface area contributed by atoms with Crippen LogP contribution in [0.5, 0.6) is 0 Å². The summed E-state index contributed by atoms with van der Waals surface area (Å²) in [6.45, 7) is -0.123. The molecule has 3 N–H and O–H groups in total. The molecule has 0 saturated heterocycles. The molecule has 1 aromatic carbocycles. The molecule has 0 bridgehead atoms. The standard InChI is InChI=1S/C13H15FN2O4S/c1-20-13(17)9-21(18,19)16-8-11-7-10(3-2-6-15)4-5-12(11)14/h4-5,7,16H,6,8-9,15H2,1H3. The fourth-order valence-electron chi connectivity index (χ4n) is 1.39. The molecule has 0 aliphatic carbocycles. The molecule has 0 aromatic heterocycles. The monoisotopic (exact) mass is 314 g/mol. The predicted molar refractivity (Wildman–Crippen MR) is 75.0 cm³/mol. The number of esters is 1. The van der Waals surface area contributed by atoms with Crippen LogP contribution in [0, 0.1) is 17.7 Å². The Labute approximate surface area is 122 Å². The molecule has 114 valence electrons. The number of nitrogens with one attached hydrogen (secondary N) is 1. The SMILES string of the molecule is COC(=O)CS(=O)(=O)NCc1cc(C#CCN)ccc1F. The van der Waals surface area contributed by atoms with Gasteiger partial charge < -0.3 is 10.5 Å². The smallest absolute Gasteiger partial charge is 0.322 e. The van der Waals surface area contributed by atoms with Gasteiger partial charge in [0.1, 0.15) is 5.82 Å². The maximum absolute atomic E-state index is 13.6. The molecule has 0 amide bonds. The van der Waals surface area contributed by atoms with Crippen molar-refractivity contribution in [1.82, 2.24) is 4.72 Å². The van der Waals surface area contributed by atoms with E-state index in [9.17, 15) is 17.6 Å². The topological polar surface area (TPSA) is 98.5 Å². The Bertz CT molecular complexity index is 677. The van der Waals surface area contributed by atoms with E-state index in [-0.39, 0.29) is 18.7 Å². The van der Waals surface area contributed by atoms with Gasteiger partial charge in [-0.3, -0.25) is 4.79 Å². The quantitative estimate of drug-likeness (QED) is 0.576. The van der Waals surface area contributed by atoms with Crippen LogP contribution in [-0.4, -0.2) is 33.8 Å². The summed E-state index contributed by atoms with van der Waals surface area (Å²) < 4.78 is 43.1. The van der Waals surface area contributed by atoms with Crippen molar-refractivity contribution in [2.24, 2.45) is 5.73 Å². The number of sulfonamides is 1. The molecule has 0 spiro atoms. The first kappa shape index (κ1) is 17.1. The summed E-state index contributed by atoms with van der Waals surface area (Å²) >= 11 is 0. The van der Waals surface area contributed by atoms with E-state index in [1.807, 2.05) is 0 Å². The minimum Gasteiger partial charge on any atom is -0.468 e. The van der Waals surface area contributed by atoms with Gasteiger partial charge in [0, 0.05) is 17.7 Å². The van der Waals surface area contributed by atoms with Crippen LogP contribution in [0.3, 0.4) is 0 Å². The fourth-order valence-corrected chi connectivity index (χ4v) is 2.30. The molecule has 8 heteroatoms. The van der Waals surface area contributed by atoms with Gasteiger partial charge in [0.2, 0.25) is 10.0 Å². The predicted octanol–water partition coefficient (Wildman–Crippen LogP) is -0.272. The van der Waals surface area contributed by atoms with Crippen molar-refractivity contribution in [3.05, 3.63) is 35.1 Å². The summed E-state index contributed by atoms with van der Waals surface area (Å²) in [6.07, 6.45) is 0. The van der Waals surface area contributed by atoms with Crippen LogP contribution in [0.2, 0.25) is 0 Å². The van der Waals surface area contributed by atoms with Gasteiger partial charge in [0.05, 0.1) is 13.7 Å². The summed E-state index contributed by atoms with van der Waals surface area (Å²) in [5.74, 6) is 3.04. The van der Waals surface area contributed by atoms with E-state index in [4.69, 9.17) is 5.73 Å². The van der Waals surface area contributed by atoms with Gasteiger partial charge in [-0.05, 0) is 18.2 Å². The molecular formula is C13H15FN2O4S. The highest BCUT2D eigenvalue weighted by molar-refractivity contribution is 7.90. The maximum Gasteiger partial charge on any atom is 0.322 e. The molecule has 1 aromatic rings. The van der Waals surface area contributed by atoms with Gasteiger partial charge in [0.15, 0.2) is 5.75 Å². The van der Waals surface area contributed by atoms with E-state index in [0.717, 1.165) is 7.11 Å². The normalized spacial score (nSPS) is 10.6. The summed E-state index contributed by atoms with van der Waals surface area (Å²) in [5.41, 5.74) is 5.87. The van der Waals surface area contributed by atoms with Crippen molar-refractivity contribution >= 4 is 16.0 Å². The average molecular weight is 314 g/mol. The van der Waals surface area contributed by atoms with Crippen LogP contribution in [0.4, 0.5) is 4.39 Å². The van der Waals surface area contributed by atoms with Crippen LogP contribution in [-0.2, 0) is 26.1 Å². The number of halogens is 1. The largest absolute Gasteiger partial charge is 0.468 e. The molecule has 6 nitrogen and oxygen atoms in total. The van der Waals surface area contributed by atoms with Crippen molar-refractivity contribution in [2.45, 2.75) is 6.54 Å². The second-order valence-electron chi connectivity index (χ2n) is 3.97. The van der Waals surface area contributed by atoms with Crippen molar-refractivity contribution in [3.8, 4) is 11.8 Å². The third-order valence-electron chi connectivity index (χ3n) is 2.40. The van der Waals surface area contributed by atoms with E-state index < -0.39 is 27.6 Å². The molecule has 0 aliphatic rings. The summed E-state index contributed by atoms with van der Waals surface area (Å²) in [4.78, 5) is 10.9. The first-order chi connectivity index (χ1) is 9.88. The highest BCUT2D eigenvalue weighted by Gasteiger charge is 2.17. The number of carbonyl (C=O) groups excluding carboxylic acids is 1. The van der Waals surface area contributed by atoms with Gasteiger partial charge in [0.25, 0.3) is 0 Å². The molecule has 0 fully saturated rings. The lowest BCUT2D eigenvalue weighted by Crippen LogP contribution is -2.30. The molecular weight excluding hydrogens is 299 g/mol. The van der Waals surface area contributed by atoms with E-state index in [2.05, 4.69) is 21.3 Å². The number of carbonyl (C=O) groups is 1. The number of methoxy groups -OCH3 is 1. The second-order valence-corrected chi connectivity index (χ2v) is 5.78. The fraction of sp³-hybridized carbons (Fsp3) is 0.308. The first-order valence-electron chi connectivity index (χ1n) is 5.89. The van der Waals surface area contributed by atoms with Crippen LogP contribution < -0.4 is 10.5 Å². The van der Waals surface area contributed by atoms with Gasteiger partial charge >= 0.3 is 5.97 Å². The van der Waals surface area contributed by atoms with Crippen molar-refractivity contribution in [1.29, 1.82) is 0 Å². The van der Waals surface area contributed by atoms with Crippen LogP contribution >= 0.6 is 0 Å². The van der Waals surface area contributed by atoms with E-state index in [0.29, 0.717) is 5.56 Å². The average Bonchev–Trinajstić information content (AvgIpc) is 2.44. The van der Waals surface area contributed by atoms with E-state index >= 15 is 0 Å². The zero-order valence-electron chi connectivity index (χ0n) is 11.3. The lowest BCUT2D eigenvalue weighted by Gasteiger charge is -2.07. The van der Waals surface area contributed by atoms with Crippen molar-refractivity contribution in [2.75, 3.05) is 19.4 Å². The van der Waals surface area contributed by atoms with Crippen LogP contribution in [0.15, 0.2) is 18.2 Å². The van der Waals surface area contributed by atoms with Gasteiger partial charge in [-0.15, -0.1) is 0 Å². The summed E-state index contributed by atoms with van der Waals surface area (Å²) in [5, 5.41) is 0. The van der Waals surface area contributed by atoms with Crippen LogP contribution in [0.1, 0.15) is 11.1 Å². The number of hydrogen-bond donors (Lipinski definition) is 2. The molecule has 1 rings (SSSR count). The maximum atomic E-state index is 13.6. The molecule has 0 unspecified atom stereocenters. The van der Waals surface area contributed by atoms with Crippen LogP contribution in [0.25, 0.3) is 0 Å². The van der Waals surface area contributed by atoms with Gasteiger partial charge in [-0.2, -0.15) is 0 Å². The van der Waals surface area contributed by atoms with E-state index in [1.165, 1.54) is 18.2 Å². The highest BCUT2D eigenvalue weighted by Crippen LogP contribution is 2.10. The van der Waals surface area contributed by atoms with Crippen molar-refractivity contribution < 1.29 is 22.3 Å². The van der Waals surface area contributed by atoms with Crippen molar-refractivity contribution in [3.63, 3.8) is 0 Å². The first-order valence-corrected chi connectivity index (χ1v) is 7.54. The number of ether oxygens (including phenoxy) is 1. The number of benzene rings is 1.